The molecule has 2 heterocycles. The van der Waals surface area contributed by atoms with Gasteiger partial charge in [-0.25, -0.2) is 4.98 Å². The van der Waals surface area contributed by atoms with Crippen LogP contribution >= 0.6 is 0 Å². The highest BCUT2D eigenvalue weighted by Gasteiger charge is 2.13. The van der Waals surface area contributed by atoms with E-state index in [1.807, 2.05) is 72.1 Å². The molecule has 1 amide bonds. The lowest BCUT2D eigenvalue weighted by molar-refractivity contribution is -0.116. The van der Waals surface area contributed by atoms with Crippen molar-refractivity contribution in [2.45, 2.75) is 6.54 Å². The molecule has 2 aromatic carbocycles. The first-order chi connectivity index (χ1) is 13.5. The number of benzene rings is 2. The first-order valence-corrected chi connectivity index (χ1v) is 8.98. The second-order valence-electron chi connectivity index (χ2n) is 6.80. The number of fused-ring (bicyclic) bond motifs is 2. The molecule has 0 saturated heterocycles. The van der Waals surface area contributed by atoms with Crippen molar-refractivity contribution in [2.75, 3.05) is 24.3 Å². The summed E-state index contributed by atoms with van der Waals surface area (Å²) in [4.78, 5) is 31.7. The lowest BCUT2D eigenvalue weighted by Crippen LogP contribution is -2.21. The van der Waals surface area contributed by atoms with E-state index in [1.54, 1.807) is 18.3 Å². The van der Waals surface area contributed by atoms with Crippen LogP contribution in [0.4, 0.5) is 11.5 Å². The number of nitrogens with zero attached hydrogens (tertiary/aromatic N) is 3. The molecule has 2 aromatic heterocycles. The SMILES string of the molecule is CN(C)c1ccc(NC(=O)Cn2c3ccccc3c(=O)c3ccccc32)cn1. The van der Waals surface area contributed by atoms with Crippen LogP contribution in [0.2, 0.25) is 0 Å². The largest absolute Gasteiger partial charge is 0.363 e. The molecule has 6 nitrogen and oxygen atoms in total. The van der Waals surface area contributed by atoms with Gasteiger partial charge in [-0.2, -0.15) is 0 Å². The average molecular weight is 372 g/mol. The number of carbonyl (C=O) groups is 1. The summed E-state index contributed by atoms with van der Waals surface area (Å²) in [6.45, 7) is 0.0940. The molecule has 0 aliphatic carbocycles. The van der Waals surface area contributed by atoms with Gasteiger partial charge in [-0.15, -0.1) is 0 Å². The highest BCUT2D eigenvalue weighted by atomic mass is 16.2. The molecule has 0 spiro atoms. The van der Waals surface area contributed by atoms with Crippen LogP contribution in [0.5, 0.6) is 0 Å². The molecule has 28 heavy (non-hydrogen) atoms. The van der Waals surface area contributed by atoms with Gasteiger partial charge in [0.05, 0.1) is 22.9 Å². The van der Waals surface area contributed by atoms with Crippen molar-refractivity contribution >= 4 is 39.2 Å². The van der Waals surface area contributed by atoms with Gasteiger partial charge < -0.3 is 14.8 Å². The van der Waals surface area contributed by atoms with Gasteiger partial charge >= 0.3 is 0 Å². The number of nitrogens with one attached hydrogen (secondary N) is 1. The molecule has 0 unspecified atom stereocenters. The second kappa shape index (κ2) is 7.15. The van der Waals surface area contributed by atoms with Crippen LogP contribution in [0.3, 0.4) is 0 Å². The highest BCUT2D eigenvalue weighted by molar-refractivity contribution is 5.97. The topological polar surface area (TPSA) is 67.2 Å². The number of rotatable bonds is 4. The van der Waals surface area contributed by atoms with Crippen LogP contribution in [0.15, 0.2) is 71.7 Å². The number of hydrogen-bond donors (Lipinski definition) is 1. The van der Waals surface area contributed by atoms with Gasteiger partial charge in [0, 0.05) is 24.9 Å². The third-order valence-corrected chi connectivity index (χ3v) is 4.67. The third kappa shape index (κ3) is 3.20. The minimum atomic E-state index is -0.182. The summed E-state index contributed by atoms with van der Waals surface area (Å²) in [5.74, 6) is 0.633. The van der Waals surface area contributed by atoms with Gasteiger partial charge in [0.25, 0.3) is 0 Å². The quantitative estimate of drug-likeness (QED) is 0.559. The van der Waals surface area contributed by atoms with Gasteiger partial charge in [0.15, 0.2) is 5.43 Å². The molecule has 1 N–H and O–H groups in total. The Hall–Kier alpha value is -3.67. The lowest BCUT2D eigenvalue weighted by Gasteiger charge is -2.15. The van der Waals surface area contributed by atoms with E-state index in [2.05, 4.69) is 10.3 Å². The average Bonchev–Trinajstić information content (AvgIpc) is 2.71. The van der Waals surface area contributed by atoms with Crippen molar-refractivity contribution in [2.24, 2.45) is 0 Å². The van der Waals surface area contributed by atoms with Crippen molar-refractivity contribution in [3.63, 3.8) is 0 Å². The Morgan fingerprint density at radius 3 is 2.11 bits per heavy atom. The molecule has 0 atom stereocenters. The molecule has 0 aliphatic heterocycles. The Kier molecular flexibility index (Phi) is 4.53. The zero-order valence-corrected chi connectivity index (χ0v) is 15.7. The second-order valence-corrected chi connectivity index (χ2v) is 6.80. The zero-order valence-electron chi connectivity index (χ0n) is 15.7. The minimum absolute atomic E-state index is 0.0219. The molecule has 4 aromatic rings. The molecule has 140 valence electrons. The Morgan fingerprint density at radius 2 is 1.57 bits per heavy atom. The fourth-order valence-corrected chi connectivity index (χ4v) is 3.32. The van der Waals surface area contributed by atoms with Crippen molar-refractivity contribution in [3.05, 3.63) is 77.1 Å². The Labute approximate surface area is 162 Å². The maximum atomic E-state index is 12.8. The van der Waals surface area contributed by atoms with Crippen molar-refractivity contribution < 1.29 is 4.79 Å². The van der Waals surface area contributed by atoms with E-state index in [9.17, 15) is 9.59 Å². The molecule has 0 saturated carbocycles. The van der Waals surface area contributed by atoms with Crippen LogP contribution in [0.25, 0.3) is 21.8 Å². The molecule has 4 rings (SSSR count). The van der Waals surface area contributed by atoms with Gasteiger partial charge in [-0.05, 0) is 36.4 Å². The summed E-state index contributed by atoms with van der Waals surface area (Å²) < 4.78 is 1.88. The van der Waals surface area contributed by atoms with Crippen LogP contribution < -0.4 is 15.6 Å². The number of amides is 1. The molecule has 0 fully saturated rings. The van der Waals surface area contributed by atoms with Crippen molar-refractivity contribution in [3.8, 4) is 0 Å². The minimum Gasteiger partial charge on any atom is -0.363 e. The van der Waals surface area contributed by atoms with E-state index in [0.29, 0.717) is 16.5 Å². The summed E-state index contributed by atoms with van der Waals surface area (Å²) >= 11 is 0. The summed E-state index contributed by atoms with van der Waals surface area (Å²) in [6.07, 6.45) is 1.63. The fraction of sp³-hybridized carbons (Fsp3) is 0.136. The van der Waals surface area contributed by atoms with E-state index >= 15 is 0 Å². The number of anilines is 2. The number of carbonyl (C=O) groups excluding carboxylic acids is 1. The molecule has 0 bridgehead atoms. The lowest BCUT2D eigenvalue weighted by atomic mass is 10.1. The molecular formula is C22H20N4O2. The van der Waals surface area contributed by atoms with Crippen molar-refractivity contribution in [1.29, 1.82) is 0 Å². The number of para-hydroxylation sites is 2. The van der Waals surface area contributed by atoms with E-state index in [0.717, 1.165) is 16.9 Å². The van der Waals surface area contributed by atoms with Crippen LogP contribution in [-0.4, -0.2) is 29.6 Å². The van der Waals surface area contributed by atoms with Gasteiger partial charge in [-0.3, -0.25) is 9.59 Å². The van der Waals surface area contributed by atoms with Gasteiger partial charge in [-0.1, -0.05) is 24.3 Å². The molecule has 0 radical (unpaired) electrons. The van der Waals surface area contributed by atoms with Crippen LogP contribution in [-0.2, 0) is 11.3 Å². The highest BCUT2D eigenvalue weighted by Crippen LogP contribution is 2.19. The van der Waals surface area contributed by atoms with Crippen LogP contribution in [0.1, 0.15) is 0 Å². The summed E-state index contributed by atoms with van der Waals surface area (Å²) in [6, 6.07) is 18.4. The van der Waals surface area contributed by atoms with Crippen LogP contribution in [0, 0.1) is 0 Å². The van der Waals surface area contributed by atoms with Crippen molar-refractivity contribution in [1.82, 2.24) is 9.55 Å². The van der Waals surface area contributed by atoms with Gasteiger partial charge in [0.2, 0.25) is 5.91 Å². The molecule has 6 heteroatoms. The van der Waals surface area contributed by atoms with E-state index < -0.39 is 0 Å². The summed E-state index contributed by atoms with van der Waals surface area (Å²) in [5, 5.41) is 4.09. The first-order valence-electron chi connectivity index (χ1n) is 8.98. The standard InChI is InChI=1S/C22H20N4O2/c1-25(2)20-12-11-15(13-23-20)24-21(27)14-26-18-9-5-3-7-16(18)22(28)17-8-4-6-10-19(17)26/h3-13H,14H2,1-2H3,(H,24,27). The first kappa shape index (κ1) is 17.7. The van der Waals surface area contributed by atoms with E-state index in [1.165, 1.54) is 0 Å². The van der Waals surface area contributed by atoms with E-state index in [4.69, 9.17) is 0 Å². The van der Waals surface area contributed by atoms with E-state index in [-0.39, 0.29) is 17.9 Å². The van der Waals surface area contributed by atoms with Gasteiger partial charge in [0.1, 0.15) is 12.4 Å². The predicted octanol–water partition coefficient (Wildman–Crippen LogP) is 3.25. The summed E-state index contributed by atoms with van der Waals surface area (Å²) in [5.41, 5.74) is 2.08. The molecular weight excluding hydrogens is 352 g/mol. The maximum absolute atomic E-state index is 12.8. The Balaban J connectivity index is 1.71. The zero-order chi connectivity index (χ0) is 19.7. The predicted molar refractivity (Wildman–Crippen MR) is 113 cm³/mol. The third-order valence-electron chi connectivity index (χ3n) is 4.67. The Bertz CT molecular complexity index is 1170. The molecule has 0 aliphatic rings. The number of aromatic nitrogens is 2. The normalized spacial score (nSPS) is 10.9. The monoisotopic (exact) mass is 372 g/mol. The Morgan fingerprint density at radius 1 is 0.964 bits per heavy atom. The smallest absolute Gasteiger partial charge is 0.244 e. The maximum Gasteiger partial charge on any atom is 0.244 e. The summed E-state index contributed by atoms with van der Waals surface area (Å²) in [7, 11) is 3.82. The number of pyridine rings is 2. The number of hydrogen-bond acceptors (Lipinski definition) is 4. The fourth-order valence-electron chi connectivity index (χ4n) is 3.32.